The molecule has 2 nitrogen and oxygen atoms in total. The molecule has 2 aromatic rings. The standard InChI is InChI=1S/C18H13Cl2F2NOS/c19-12-2-4-14(15(20)10-12)18-23(7-8-25-18)17(24)6-1-11-9-13(21)3-5-16(11)22/h1-6,9-10,18H,7-8H2/b6-1+. The van der Waals surface area contributed by atoms with Crippen LogP contribution in [0.2, 0.25) is 10.0 Å². The van der Waals surface area contributed by atoms with E-state index in [4.69, 9.17) is 23.2 Å². The molecule has 0 bridgehead atoms. The van der Waals surface area contributed by atoms with Crippen molar-refractivity contribution in [3.05, 3.63) is 75.3 Å². The molecular weight excluding hydrogens is 387 g/mol. The predicted molar refractivity (Wildman–Crippen MR) is 98.8 cm³/mol. The molecule has 25 heavy (non-hydrogen) atoms. The number of halogens is 4. The van der Waals surface area contributed by atoms with Crippen molar-refractivity contribution >= 4 is 46.9 Å². The van der Waals surface area contributed by atoms with Gasteiger partial charge in [0.2, 0.25) is 5.91 Å². The van der Waals surface area contributed by atoms with Crippen LogP contribution in [-0.2, 0) is 4.79 Å². The van der Waals surface area contributed by atoms with E-state index < -0.39 is 11.6 Å². The number of carbonyl (C=O) groups is 1. The summed E-state index contributed by atoms with van der Waals surface area (Å²) in [6.45, 7) is 0.545. The molecule has 7 heteroatoms. The third-order valence-corrected chi connectivity index (χ3v) is 5.57. The fraction of sp³-hybridized carbons (Fsp3) is 0.167. The number of hydrogen-bond acceptors (Lipinski definition) is 2. The lowest BCUT2D eigenvalue weighted by atomic mass is 10.1. The van der Waals surface area contributed by atoms with Crippen molar-refractivity contribution in [3.63, 3.8) is 0 Å². The lowest BCUT2D eigenvalue weighted by molar-refractivity contribution is -0.126. The number of benzene rings is 2. The SMILES string of the molecule is O=C(/C=C/c1cc(F)ccc1F)N1CCSC1c1ccc(Cl)cc1Cl. The Labute approximate surface area is 158 Å². The smallest absolute Gasteiger partial charge is 0.247 e. The minimum atomic E-state index is -0.585. The quantitative estimate of drug-likeness (QED) is 0.629. The van der Waals surface area contributed by atoms with Gasteiger partial charge in [-0.15, -0.1) is 11.8 Å². The van der Waals surface area contributed by atoms with Crippen LogP contribution in [0, 0.1) is 11.6 Å². The molecule has 1 heterocycles. The Balaban J connectivity index is 1.81. The largest absolute Gasteiger partial charge is 0.322 e. The first-order valence-electron chi connectivity index (χ1n) is 7.46. The molecular formula is C18H13Cl2F2NOS. The minimum absolute atomic E-state index is 0.0290. The van der Waals surface area contributed by atoms with Gasteiger partial charge in [-0.25, -0.2) is 8.78 Å². The van der Waals surface area contributed by atoms with E-state index in [9.17, 15) is 13.6 Å². The van der Waals surface area contributed by atoms with Crippen molar-refractivity contribution < 1.29 is 13.6 Å². The molecule has 3 rings (SSSR count). The zero-order valence-electron chi connectivity index (χ0n) is 12.9. The number of amides is 1. The Morgan fingerprint density at radius 3 is 2.76 bits per heavy atom. The first-order chi connectivity index (χ1) is 12.0. The van der Waals surface area contributed by atoms with Crippen molar-refractivity contribution in [2.75, 3.05) is 12.3 Å². The van der Waals surface area contributed by atoms with Gasteiger partial charge in [0.05, 0.1) is 0 Å². The van der Waals surface area contributed by atoms with Crippen molar-refractivity contribution in [1.82, 2.24) is 4.90 Å². The highest BCUT2D eigenvalue weighted by Gasteiger charge is 2.30. The molecule has 130 valence electrons. The van der Waals surface area contributed by atoms with Crippen LogP contribution in [0.15, 0.2) is 42.5 Å². The van der Waals surface area contributed by atoms with Gasteiger partial charge in [0.25, 0.3) is 0 Å². The van der Waals surface area contributed by atoms with Gasteiger partial charge in [0.1, 0.15) is 17.0 Å². The van der Waals surface area contributed by atoms with Crippen LogP contribution in [0.25, 0.3) is 6.08 Å². The summed E-state index contributed by atoms with van der Waals surface area (Å²) in [5.74, 6) is -0.670. The highest BCUT2D eigenvalue weighted by Crippen LogP contribution is 2.41. The normalized spacial score (nSPS) is 17.4. The third-order valence-electron chi connectivity index (χ3n) is 3.77. The van der Waals surface area contributed by atoms with E-state index in [1.165, 1.54) is 12.2 Å². The lowest BCUT2D eigenvalue weighted by Gasteiger charge is -2.23. The van der Waals surface area contributed by atoms with Gasteiger partial charge in [0.15, 0.2) is 0 Å². The van der Waals surface area contributed by atoms with Crippen LogP contribution in [0.4, 0.5) is 8.78 Å². The Hall–Kier alpha value is -1.56. The number of nitrogens with zero attached hydrogens (tertiary/aromatic N) is 1. The molecule has 0 aliphatic carbocycles. The fourth-order valence-electron chi connectivity index (χ4n) is 2.55. The molecule has 0 aromatic heterocycles. The summed E-state index contributed by atoms with van der Waals surface area (Å²) < 4.78 is 26.9. The predicted octanol–water partition coefficient (Wildman–Crippen LogP) is 5.56. The second-order valence-corrected chi connectivity index (χ2v) is 7.45. The van der Waals surface area contributed by atoms with Crippen LogP contribution >= 0.6 is 35.0 Å². The molecule has 0 N–H and O–H groups in total. The first-order valence-corrected chi connectivity index (χ1v) is 9.26. The average molecular weight is 400 g/mol. The minimum Gasteiger partial charge on any atom is -0.322 e. The van der Waals surface area contributed by atoms with Gasteiger partial charge < -0.3 is 4.90 Å². The van der Waals surface area contributed by atoms with E-state index in [0.29, 0.717) is 16.6 Å². The molecule has 1 saturated heterocycles. The number of carbonyl (C=O) groups excluding carboxylic acids is 1. The third kappa shape index (κ3) is 4.17. The summed E-state index contributed by atoms with van der Waals surface area (Å²) in [4.78, 5) is 14.2. The highest BCUT2D eigenvalue weighted by atomic mass is 35.5. The maximum absolute atomic E-state index is 13.7. The molecule has 1 amide bonds. The van der Waals surface area contributed by atoms with Crippen LogP contribution in [0.5, 0.6) is 0 Å². The Kier molecular flexibility index (Phi) is 5.67. The molecule has 1 unspecified atom stereocenters. The van der Waals surface area contributed by atoms with Gasteiger partial charge >= 0.3 is 0 Å². The van der Waals surface area contributed by atoms with E-state index in [-0.39, 0.29) is 16.8 Å². The van der Waals surface area contributed by atoms with E-state index in [1.54, 1.807) is 34.9 Å². The molecule has 1 aliphatic rings. The maximum atomic E-state index is 13.7. The zero-order valence-corrected chi connectivity index (χ0v) is 15.2. The monoisotopic (exact) mass is 399 g/mol. The highest BCUT2D eigenvalue weighted by molar-refractivity contribution is 7.99. The topological polar surface area (TPSA) is 20.3 Å². The summed E-state index contributed by atoms with van der Waals surface area (Å²) in [5.41, 5.74) is 0.827. The Bertz CT molecular complexity index is 844. The van der Waals surface area contributed by atoms with Crippen LogP contribution in [0.1, 0.15) is 16.5 Å². The molecule has 0 saturated carbocycles. The van der Waals surface area contributed by atoms with Crippen molar-refractivity contribution in [3.8, 4) is 0 Å². The summed E-state index contributed by atoms with van der Waals surface area (Å²) in [5, 5.41) is 0.778. The van der Waals surface area contributed by atoms with Crippen LogP contribution in [-0.4, -0.2) is 23.1 Å². The Morgan fingerprint density at radius 2 is 2.00 bits per heavy atom. The average Bonchev–Trinajstić information content (AvgIpc) is 3.05. The fourth-order valence-corrected chi connectivity index (χ4v) is 4.43. The Morgan fingerprint density at radius 1 is 1.20 bits per heavy atom. The summed E-state index contributed by atoms with van der Waals surface area (Å²) in [6.07, 6.45) is 2.53. The zero-order chi connectivity index (χ0) is 18.0. The van der Waals surface area contributed by atoms with Gasteiger partial charge in [-0.2, -0.15) is 0 Å². The molecule has 0 spiro atoms. The number of rotatable bonds is 3. The van der Waals surface area contributed by atoms with Crippen molar-refractivity contribution in [1.29, 1.82) is 0 Å². The van der Waals surface area contributed by atoms with Crippen molar-refractivity contribution in [2.45, 2.75) is 5.37 Å². The van der Waals surface area contributed by atoms with Gasteiger partial charge in [-0.3, -0.25) is 4.79 Å². The summed E-state index contributed by atoms with van der Waals surface area (Å²) in [6, 6.07) is 8.27. The summed E-state index contributed by atoms with van der Waals surface area (Å²) >= 11 is 13.8. The second kappa shape index (κ2) is 7.77. The number of thioether (sulfide) groups is 1. The molecule has 2 aromatic carbocycles. The van der Waals surface area contributed by atoms with Crippen LogP contribution in [0.3, 0.4) is 0 Å². The van der Waals surface area contributed by atoms with E-state index in [2.05, 4.69) is 0 Å². The van der Waals surface area contributed by atoms with E-state index in [0.717, 1.165) is 29.5 Å². The van der Waals surface area contributed by atoms with E-state index >= 15 is 0 Å². The molecule has 1 aliphatic heterocycles. The van der Waals surface area contributed by atoms with Crippen LogP contribution < -0.4 is 0 Å². The van der Waals surface area contributed by atoms with Gasteiger partial charge in [-0.1, -0.05) is 29.3 Å². The number of hydrogen-bond donors (Lipinski definition) is 0. The van der Waals surface area contributed by atoms with Crippen molar-refractivity contribution in [2.24, 2.45) is 0 Å². The molecule has 1 fully saturated rings. The lowest BCUT2D eigenvalue weighted by Crippen LogP contribution is -2.28. The summed E-state index contributed by atoms with van der Waals surface area (Å²) in [7, 11) is 0. The second-order valence-electron chi connectivity index (χ2n) is 5.42. The first kappa shape index (κ1) is 18.2. The maximum Gasteiger partial charge on any atom is 0.247 e. The molecule has 0 radical (unpaired) electrons. The van der Waals surface area contributed by atoms with Gasteiger partial charge in [0, 0.05) is 39.5 Å². The molecule has 1 atom stereocenters. The van der Waals surface area contributed by atoms with Gasteiger partial charge in [-0.05, 0) is 36.4 Å². The van der Waals surface area contributed by atoms with E-state index in [1.807, 2.05) is 0 Å².